The quantitative estimate of drug-likeness (QED) is 0.438. The van der Waals surface area contributed by atoms with E-state index in [1.807, 2.05) is 44.0 Å². The van der Waals surface area contributed by atoms with E-state index in [-0.39, 0.29) is 18.4 Å². The van der Waals surface area contributed by atoms with E-state index < -0.39 is 17.3 Å². The molecule has 32 heavy (non-hydrogen) atoms. The predicted molar refractivity (Wildman–Crippen MR) is 125 cm³/mol. The molecule has 2 heterocycles. The van der Waals surface area contributed by atoms with Crippen molar-refractivity contribution in [2.75, 3.05) is 42.7 Å². The summed E-state index contributed by atoms with van der Waals surface area (Å²) in [7, 11) is 3.83. The molecule has 2 aromatic rings. The third kappa shape index (κ3) is 5.70. The van der Waals surface area contributed by atoms with E-state index >= 15 is 0 Å². The third-order valence-electron chi connectivity index (χ3n) is 4.94. The summed E-state index contributed by atoms with van der Waals surface area (Å²) in [6.45, 7) is 5.60. The number of nitrogens with one attached hydrogen (secondary N) is 3. The molecule has 1 saturated heterocycles. The van der Waals surface area contributed by atoms with Crippen LogP contribution in [0, 0.1) is 0 Å². The van der Waals surface area contributed by atoms with Gasteiger partial charge < -0.3 is 35.5 Å². The van der Waals surface area contributed by atoms with Gasteiger partial charge >= 0.3 is 6.09 Å². The topological polar surface area (TPSA) is 129 Å². The zero-order valence-electron chi connectivity index (χ0n) is 18.2. The number of aliphatic hydroxyl groups is 1. The number of nitrogens with zero attached hydrogens (tertiary/aromatic N) is 3. The lowest BCUT2D eigenvalue weighted by molar-refractivity contribution is -0.101. The Morgan fingerprint density at radius 1 is 1.34 bits per heavy atom. The molecule has 174 valence electrons. The fourth-order valence-corrected chi connectivity index (χ4v) is 3.35. The average Bonchev–Trinajstić information content (AvgIpc) is 3.13. The first-order chi connectivity index (χ1) is 15.0. The molecule has 0 aliphatic carbocycles. The molecule has 12 heteroatoms. The molecule has 1 aliphatic rings. The van der Waals surface area contributed by atoms with Gasteiger partial charge in [0.05, 0.1) is 30.7 Å². The number of amides is 1. The number of halogens is 2. The van der Waals surface area contributed by atoms with Gasteiger partial charge in [0.15, 0.2) is 11.4 Å². The molecule has 1 atom stereocenters. The monoisotopic (exact) mass is 484 g/mol. The zero-order valence-corrected chi connectivity index (χ0v) is 19.7. The lowest BCUT2D eigenvalue weighted by Gasteiger charge is -2.38. The Morgan fingerprint density at radius 3 is 2.59 bits per heavy atom. The van der Waals surface area contributed by atoms with Crippen molar-refractivity contribution < 1.29 is 19.4 Å². The maximum Gasteiger partial charge on any atom is 0.408 e. The summed E-state index contributed by atoms with van der Waals surface area (Å²) >= 11 is 12.0. The van der Waals surface area contributed by atoms with Crippen LogP contribution in [0.15, 0.2) is 24.4 Å². The van der Waals surface area contributed by atoms with Crippen molar-refractivity contribution in [1.82, 2.24) is 15.3 Å². The summed E-state index contributed by atoms with van der Waals surface area (Å²) in [5, 5.41) is 20.1. The number of hydrogen-bond acceptors (Lipinski definition) is 9. The minimum atomic E-state index is -1.27. The maximum absolute atomic E-state index is 11.7. The molecule has 0 bridgehead atoms. The largest absolute Gasteiger partial charge is 0.436 e. The number of carbonyl (C=O) groups excluding carboxylic acids is 2. The van der Waals surface area contributed by atoms with Gasteiger partial charge in [-0.05, 0) is 43.6 Å². The smallest absolute Gasteiger partial charge is 0.408 e. The fourth-order valence-electron chi connectivity index (χ4n) is 3.07. The minimum Gasteiger partial charge on any atom is -0.436 e. The van der Waals surface area contributed by atoms with Crippen LogP contribution in [-0.4, -0.2) is 66.3 Å². The Kier molecular flexibility index (Phi) is 8.11. The number of ether oxygens (including phenoxy) is 1. The van der Waals surface area contributed by atoms with Gasteiger partial charge in [0.1, 0.15) is 17.4 Å². The summed E-state index contributed by atoms with van der Waals surface area (Å²) in [5.41, 5.74) is -0.0268. The van der Waals surface area contributed by atoms with Crippen LogP contribution in [0.5, 0.6) is 0 Å². The number of carbonyl (C=O) groups is 2. The first kappa shape index (κ1) is 25.4. The molecule has 0 saturated carbocycles. The molecule has 0 spiro atoms. The van der Waals surface area contributed by atoms with Crippen LogP contribution >= 0.6 is 23.2 Å². The second-order valence-electron chi connectivity index (χ2n) is 7.74. The van der Waals surface area contributed by atoms with Gasteiger partial charge in [-0.25, -0.2) is 9.78 Å². The highest BCUT2D eigenvalue weighted by molar-refractivity contribution is 6.33. The van der Waals surface area contributed by atoms with Gasteiger partial charge in [0, 0.05) is 19.8 Å². The lowest BCUT2D eigenvalue weighted by atomic mass is 9.85. The van der Waals surface area contributed by atoms with Crippen molar-refractivity contribution >= 4 is 59.0 Å². The van der Waals surface area contributed by atoms with E-state index in [0.717, 1.165) is 11.4 Å². The van der Waals surface area contributed by atoms with E-state index in [1.54, 1.807) is 13.8 Å². The Hall–Kier alpha value is -2.82. The van der Waals surface area contributed by atoms with E-state index in [4.69, 9.17) is 32.7 Å². The SMILES string of the molecule is C=O.CN(C)c1ccc(Nc2nc(Cl)ncc2Cl)cc1NCC1(C(C)(C)O)CNC(=O)O1. The highest BCUT2D eigenvalue weighted by atomic mass is 35.5. The summed E-state index contributed by atoms with van der Waals surface area (Å²) in [5.74, 6) is 0.377. The number of anilines is 4. The summed E-state index contributed by atoms with van der Waals surface area (Å²) in [4.78, 5) is 29.6. The Bertz CT molecular complexity index is 970. The van der Waals surface area contributed by atoms with Crippen LogP contribution in [0.4, 0.5) is 27.7 Å². The molecule has 3 rings (SSSR count). The lowest BCUT2D eigenvalue weighted by Crippen LogP contribution is -2.57. The highest BCUT2D eigenvalue weighted by Crippen LogP contribution is 2.34. The molecule has 1 aromatic heterocycles. The normalized spacial score (nSPS) is 17.5. The average molecular weight is 485 g/mol. The van der Waals surface area contributed by atoms with E-state index in [9.17, 15) is 9.90 Å². The molecule has 1 fully saturated rings. The fraction of sp³-hybridized carbons (Fsp3) is 0.400. The number of hydrogen-bond donors (Lipinski definition) is 4. The Morgan fingerprint density at radius 2 is 2.03 bits per heavy atom. The summed E-state index contributed by atoms with van der Waals surface area (Å²) < 4.78 is 5.45. The molecular weight excluding hydrogens is 459 g/mol. The number of benzene rings is 1. The summed E-state index contributed by atoms with van der Waals surface area (Å²) in [6.07, 6.45) is 0.860. The van der Waals surface area contributed by atoms with Crippen molar-refractivity contribution in [3.8, 4) is 0 Å². The van der Waals surface area contributed by atoms with Crippen LogP contribution < -0.4 is 20.9 Å². The van der Waals surface area contributed by atoms with Crippen molar-refractivity contribution in [1.29, 1.82) is 0 Å². The highest BCUT2D eigenvalue weighted by Gasteiger charge is 2.51. The predicted octanol–water partition coefficient (Wildman–Crippen LogP) is 3.07. The van der Waals surface area contributed by atoms with Crippen molar-refractivity contribution in [3.63, 3.8) is 0 Å². The second kappa shape index (κ2) is 10.2. The Balaban J connectivity index is 0.00000176. The van der Waals surface area contributed by atoms with Crippen LogP contribution in [0.2, 0.25) is 10.3 Å². The van der Waals surface area contributed by atoms with Gasteiger partial charge in [0.2, 0.25) is 5.28 Å². The summed E-state index contributed by atoms with van der Waals surface area (Å²) in [6, 6.07) is 5.65. The van der Waals surface area contributed by atoms with Gasteiger partial charge in [-0.15, -0.1) is 0 Å². The third-order valence-corrected chi connectivity index (χ3v) is 5.40. The first-order valence-corrected chi connectivity index (χ1v) is 10.2. The van der Waals surface area contributed by atoms with Crippen LogP contribution in [-0.2, 0) is 9.53 Å². The molecule has 1 aromatic carbocycles. The standard InChI is InChI=1S/C19H24Cl2N6O3.CH2O/c1-18(2,29)19(10-24-17(28)30-19)9-23-13-7-11(5-6-14(13)27(3)4)25-15-12(20)8-22-16(21)26-15;1-2/h5-8,23,29H,9-10H2,1-4H3,(H,24,28)(H,22,25,26);1H2. The second-order valence-corrected chi connectivity index (χ2v) is 8.48. The molecule has 10 nitrogen and oxygen atoms in total. The molecule has 1 unspecified atom stereocenters. The van der Waals surface area contributed by atoms with Crippen molar-refractivity contribution in [2.45, 2.75) is 25.0 Å². The van der Waals surface area contributed by atoms with Gasteiger partial charge in [0.25, 0.3) is 0 Å². The van der Waals surface area contributed by atoms with E-state index in [1.165, 1.54) is 6.20 Å². The molecule has 4 N–H and O–H groups in total. The van der Waals surface area contributed by atoms with Crippen LogP contribution in [0.25, 0.3) is 0 Å². The molecule has 1 amide bonds. The van der Waals surface area contributed by atoms with Crippen molar-refractivity contribution in [2.24, 2.45) is 0 Å². The molecule has 1 aliphatic heterocycles. The first-order valence-electron chi connectivity index (χ1n) is 9.49. The van der Waals surface area contributed by atoms with Gasteiger partial charge in [-0.3, -0.25) is 0 Å². The number of alkyl carbamates (subject to hydrolysis) is 1. The number of cyclic esters (lactones) is 1. The van der Waals surface area contributed by atoms with Crippen LogP contribution in [0.1, 0.15) is 13.8 Å². The maximum atomic E-state index is 11.7. The minimum absolute atomic E-state index is 0.0767. The Labute approximate surface area is 196 Å². The van der Waals surface area contributed by atoms with Crippen molar-refractivity contribution in [3.05, 3.63) is 34.7 Å². The zero-order chi connectivity index (χ0) is 24.1. The van der Waals surface area contributed by atoms with E-state index in [0.29, 0.717) is 16.5 Å². The van der Waals surface area contributed by atoms with Crippen LogP contribution in [0.3, 0.4) is 0 Å². The van der Waals surface area contributed by atoms with Gasteiger partial charge in [-0.2, -0.15) is 4.98 Å². The number of rotatable bonds is 7. The van der Waals surface area contributed by atoms with Gasteiger partial charge in [-0.1, -0.05) is 11.6 Å². The number of aromatic nitrogens is 2. The molecule has 0 radical (unpaired) electrons. The molecular formula is C20H26Cl2N6O4. The van der Waals surface area contributed by atoms with E-state index in [2.05, 4.69) is 25.9 Å².